The molecule has 0 spiro atoms. The van der Waals surface area contributed by atoms with Gasteiger partial charge in [0.25, 0.3) is 0 Å². The summed E-state index contributed by atoms with van der Waals surface area (Å²) in [6.45, 7) is -0.824. The largest absolute Gasteiger partial charge is 0.469 e. The molecule has 1 aromatic heterocycles. The van der Waals surface area contributed by atoms with Gasteiger partial charge in [-0.25, -0.2) is 9.36 Å². The van der Waals surface area contributed by atoms with Gasteiger partial charge in [0.15, 0.2) is 6.23 Å². The lowest BCUT2D eigenvalue weighted by atomic mass is 10.1. The van der Waals surface area contributed by atoms with Crippen LogP contribution in [0.1, 0.15) is 6.23 Å². The zero-order valence-corrected chi connectivity index (χ0v) is 13.2. The second-order valence-electron chi connectivity index (χ2n) is 4.98. The Bertz CT molecular complexity index is 662. The molecule has 1 aromatic rings. The SMILES string of the molecule is O=c1nc(NCCOP(=O)(O)O)ccn1[C@@H]1O[C@H](CO)[C@@H](O)[C@@H]1O. The summed E-state index contributed by atoms with van der Waals surface area (Å²) in [5, 5.41) is 31.2. The van der Waals surface area contributed by atoms with Crippen molar-refractivity contribution in [1.29, 1.82) is 0 Å². The standard InChI is InChI=1S/C11H18N3O9P/c15-5-6-8(16)9(17)10(23-6)14-3-1-7(13-11(14)18)12-2-4-22-24(19,20)21/h1,3,6,8-10,15-17H,2,4-5H2,(H,12,13,18)(H2,19,20,21)/t6-,8-,9+,10-/m1/s1. The Balaban J connectivity index is 2.00. The first kappa shape index (κ1) is 19.0. The highest BCUT2D eigenvalue weighted by Gasteiger charge is 2.43. The van der Waals surface area contributed by atoms with E-state index in [1.807, 2.05) is 0 Å². The first-order valence-corrected chi connectivity index (χ1v) is 8.41. The van der Waals surface area contributed by atoms with Crippen LogP contribution in [0.15, 0.2) is 17.1 Å². The molecule has 0 aromatic carbocycles. The highest BCUT2D eigenvalue weighted by Crippen LogP contribution is 2.35. The van der Waals surface area contributed by atoms with E-state index in [2.05, 4.69) is 14.8 Å². The Hall–Kier alpha value is -1.37. The Kier molecular flexibility index (Phi) is 6.06. The van der Waals surface area contributed by atoms with Crippen LogP contribution in [-0.2, 0) is 13.8 Å². The van der Waals surface area contributed by atoms with Crippen LogP contribution in [0.25, 0.3) is 0 Å². The maximum absolute atomic E-state index is 12.0. The molecule has 13 heteroatoms. The highest BCUT2D eigenvalue weighted by molar-refractivity contribution is 7.46. The number of aliphatic hydroxyl groups is 3. The van der Waals surface area contributed by atoms with Crippen molar-refractivity contribution in [2.45, 2.75) is 24.5 Å². The Morgan fingerprint density at radius 3 is 2.62 bits per heavy atom. The summed E-state index contributed by atoms with van der Waals surface area (Å²) in [5.41, 5.74) is -0.786. The fraction of sp³-hybridized carbons (Fsp3) is 0.636. The van der Waals surface area contributed by atoms with E-state index >= 15 is 0 Å². The molecule has 0 amide bonds. The summed E-state index contributed by atoms with van der Waals surface area (Å²) in [6.07, 6.45) is -3.68. The van der Waals surface area contributed by atoms with Crippen molar-refractivity contribution in [3.8, 4) is 0 Å². The molecule has 1 saturated heterocycles. The summed E-state index contributed by atoms with van der Waals surface area (Å²) in [6, 6.07) is 1.37. The van der Waals surface area contributed by atoms with Crippen molar-refractivity contribution < 1.29 is 38.9 Å². The van der Waals surface area contributed by atoms with Crippen LogP contribution in [-0.4, -0.2) is 72.7 Å². The summed E-state index contributed by atoms with van der Waals surface area (Å²) < 4.78 is 20.9. The number of anilines is 1. The van der Waals surface area contributed by atoms with Gasteiger partial charge < -0.3 is 35.2 Å². The number of nitrogens with one attached hydrogen (secondary N) is 1. The number of ether oxygens (including phenoxy) is 1. The van der Waals surface area contributed by atoms with Crippen molar-refractivity contribution in [2.75, 3.05) is 25.1 Å². The number of rotatable bonds is 7. The monoisotopic (exact) mass is 367 g/mol. The molecule has 12 nitrogen and oxygen atoms in total. The summed E-state index contributed by atoms with van der Waals surface area (Å²) in [7, 11) is -4.56. The van der Waals surface area contributed by atoms with Gasteiger partial charge in [-0.1, -0.05) is 0 Å². The van der Waals surface area contributed by atoms with E-state index in [4.69, 9.17) is 19.6 Å². The van der Waals surface area contributed by atoms with Gasteiger partial charge in [-0.3, -0.25) is 9.09 Å². The number of aliphatic hydroxyl groups excluding tert-OH is 3. The smallest absolute Gasteiger partial charge is 0.394 e. The van der Waals surface area contributed by atoms with Gasteiger partial charge in [-0.2, -0.15) is 4.98 Å². The summed E-state index contributed by atoms with van der Waals surface area (Å²) >= 11 is 0. The fourth-order valence-corrected chi connectivity index (χ4v) is 2.49. The molecule has 4 atom stereocenters. The molecule has 0 radical (unpaired) electrons. The quantitative estimate of drug-likeness (QED) is 0.219. The van der Waals surface area contributed by atoms with Crippen LogP contribution in [0.4, 0.5) is 5.82 Å². The minimum absolute atomic E-state index is 0.00455. The first-order chi connectivity index (χ1) is 11.2. The zero-order chi connectivity index (χ0) is 17.9. The van der Waals surface area contributed by atoms with E-state index in [1.165, 1.54) is 12.3 Å². The number of hydrogen-bond donors (Lipinski definition) is 6. The van der Waals surface area contributed by atoms with Crippen molar-refractivity contribution in [3.05, 3.63) is 22.7 Å². The molecule has 2 heterocycles. The maximum Gasteiger partial charge on any atom is 0.469 e. The van der Waals surface area contributed by atoms with Gasteiger partial charge in [0, 0.05) is 12.7 Å². The Morgan fingerprint density at radius 1 is 1.38 bits per heavy atom. The van der Waals surface area contributed by atoms with Crippen LogP contribution in [0.5, 0.6) is 0 Å². The molecule has 24 heavy (non-hydrogen) atoms. The molecule has 0 bridgehead atoms. The van der Waals surface area contributed by atoms with Gasteiger partial charge in [-0.05, 0) is 6.07 Å². The minimum atomic E-state index is -4.56. The third kappa shape index (κ3) is 4.59. The second kappa shape index (κ2) is 7.68. The zero-order valence-electron chi connectivity index (χ0n) is 12.3. The van der Waals surface area contributed by atoms with E-state index in [1.54, 1.807) is 0 Å². The van der Waals surface area contributed by atoms with Gasteiger partial charge in [-0.15, -0.1) is 0 Å². The molecule has 1 aliphatic rings. The van der Waals surface area contributed by atoms with Gasteiger partial charge in [0.1, 0.15) is 24.1 Å². The summed E-state index contributed by atoms with van der Waals surface area (Å²) in [5.74, 6) is 0.123. The van der Waals surface area contributed by atoms with E-state index < -0.39 is 44.7 Å². The van der Waals surface area contributed by atoms with Crippen LogP contribution >= 0.6 is 7.82 Å². The number of phosphoric acid groups is 1. The lowest BCUT2D eigenvalue weighted by molar-refractivity contribution is -0.0549. The topological polar surface area (TPSA) is 184 Å². The summed E-state index contributed by atoms with van der Waals surface area (Å²) in [4.78, 5) is 32.7. The van der Waals surface area contributed by atoms with Crippen LogP contribution in [0.2, 0.25) is 0 Å². The fourth-order valence-electron chi connectivity index (χ4n) is 2.16. The number of phosphoric ester groups is 1. The lowest BCUT2D eigenvalue weighted by Crippen LogP contribution is -2.36. The lowest BCUT2D eigenvalue weighted by Gasteiger charge is -2.17. The molecular formula is C11H18N3O9P. The van der Waals surface area contributed by atoms with Crippen LogP contribution < -0.4 is 11.0 Å². The minimum Gasteiger partial charge on any atom is -0.394 e. The Labute approximate surface area is 135 Å². The van der Waals surface area contributed by atoms with Crippen LogP contribution in [0.3, 0.4) is 0 Å². The molecular weight excluding hydrogens is 349 g/mol. The molecule has 0 saturated carbocycles. The molecule has 0 unspecified atom stereocenters. The highest BCUT2D eigenvalue weighted by atomic mass is 31.2. The van der Waals surface area contributed by atoms with Crippen molar-refractivity contribution in [2.24, 2.45) is 0 Å². The average Bonchev–Trinajstić information content (AvgIpc) is 2.79. The predicted octanol–water partition coefficient (Wildman–Crippen LogP) is -2.62. The maximum atomic E-state index is 12.0. The van der Waals surface area contributed by atoms with Gasteiger partial charge in [0.05, 0.1) is 13.2 Å². The van der Waals surface area contributed by atoms with Crippen molar-refractivity contribution >= 4 is 13.6 Å². The number of hydrogen-bond acceptors (Lipinski definition) is 9. The normalized spacial score (nSPS) is 27.4. The molecule has 1 fully saturated rings. The van der Waals surface area contributed by atoms with Gasteiger partial charge >= 0.3 is 13.5 Å². The third-order valence-corrected chi connectivity index (χ3v) is 3.81. The number of nitrogens with zero attached hydrogens (tertiary/aromatic N) is 2. The molecule has 0 aliphatic carbocycles. The van der Waals surface area contributed by atoms with E-state index in [9.17, 15) is 19.6 Å². The second-order valence-corrected chi connectivity index (χ2v) is 6.22. The average molecular weight is 367 g/mol. The third-order valence-electron chi connectivity index (χ3n) is 3.29. The van der Waals surface area contributed by atoms with E-state index in [-0.39, 0.29) is 19.0 Å². The predicted molar refractivity (Wildman–Crippen MR) is 78.0 cm³/mol. The molecule has 6 N–H and O–H groups in total. The van der Waals surface area contributed by atoms with Gasteiger partial charge in [0.2, 0.25) is 0 Å². The Morgan fingerprint density at radius 2 is 2.08 bits per heavy atom. The van der Waals surface area contributed by atoms with E-state index in [0.717, 1.165) is 4.57 Å². The molecule has 136 valence electrons. The number of aromatic nitrogens is 2. The molecule has 1 aliphatic heterocycles. The van der Waals surface area contributed by atoms with E-state index in [0.29, 0.717) is 0 Å². The van der Waals surface area contributed by atoms with Crippen molar-refractivity contribution in [1.82, 2.24) is 9.55 Å². The molecule has 2 rings (SSSR count). The van der Waals surface area contributed by atoms with Crippen molar-refractivity contribution in [3.63, 3.8) is 0 Å². The van der Waals surface area contributed by atoms with Crippen LogP contribution in [0, 0.1) is 0 Å². The first-order valence-electron chi connectivity index (χ1n) is 6.88.